The van der Waals surface area contributed by atoms with Crippen LogP contribution < -0.4 is 0 Å². The number of hydrogen-bond donors (Lipinski definition) is 1. The van der Waals surface area contributed by atoms with Crippen LogP contribution in [0.4, 0.5) is 0 Å². The van der Waals surface area contributed by atoms with Crippen LogP contribution in [0, 0.1) is 28.6 Å². The molecule has 0 heterocycles. The summed E-state index contributed by atoms with van der Waals surface area (Å²) in [5.41, 5.74) is 0.775. The molecule has 0 saturated heterocycles. The van der Waals surface area contributed by atoms with Crippen molar-refractivity contribution in [1.82, 2.24) is 0 Å². The minimum atomic E-state index is 0.0987. The maximum Gasteiger partial charge on any atom is 0.0127 e. The first kappa shape index (κ1) is 17.4. The van der Waals surface area contributed by atoms with Gasteiger partial charge >= 0.3 is 0 Å². The Hall–Kier alpha value is 0.350. The SMILES string of the molecule is CC(C)C(C)(C)C1CCCC(C(C)(C)C(C)(C)S)C1. The fraction of sp³-hybridized carbons (Fsp3) is 1.00. The lowest BCUT2D eigenvalue weighted by Gasteiger charge is -2.50. The van der Waals surface area contributed by atoms with E-state index in [-0.39, 0.29) is 4.75 Å². The van der Waals surface area contributed by atoms with E-state index in [1.165, 1.54) is 25.7 Å². The highest BCUT2D eigenvalue weighted by atomic mass is 32.1. The first-order valence-corrected chi connectivity index (χ1v) is 8.57. The Morgan fingerprint density at radius 1 is 0.895 bits per heavy atom. The molecule has 114 valence electrons. The maximum absolute atomic E-state index is 4.89. The molecular weight excluding hydrogens is 248 g/mol. The van der Waals surface area contributed by atoms with Gasteiger partial charge in [0.2, 0.25) is 0 Å². The minimum absolute atomic E-state index is 0.0987. The molecule has 0 radical (unpaired) electrons. The van der Waals surface area contributed by atoms with Crippen LogP contribution in [0.1, 0.15) is 81.1 Å². The lowest BCUT2D eigenvalue weighted by atomic mass is 9.57. The Bertz CT molecular complexity index is 293. The normalized spacial score (nSPS) is 26.8. The summed E-state index contributed by atoms with van der Waals surface area (Å²) >= 11 is 4.89. The second-order valence-electron chi connectivity index (χ2n) is 8.82. The highest BCUT2D eigenvalue weighted by Crippen LogP contribution is 2.53. The highest BCUT2D eigenvalue weighted by molar-refractivity contribution is 7.81. The van der Waals surface area contributed by atoms with Gasteiger partial charge in [0.05, 0.1) is 0 Å². The van der Waals surface area contributed by atoms with E-state index in [9.17, 15) is 0 Å². The average Bonchev–Trinajstić information content (AvgIpc) is 2.27. The Morgan fingerprint density at radius 2 is 1.37 bits per heavy atom. The third-order valence-corrected chi connectivity index (χ3v) is 7.39. The lowest BCUT2D eigenvalue weighted by molar-refractivity contribution is 0.0282. The third-order valence-electron chi connectivity index (χ3n) is 6.81. The van der Waals surface area contributed by atoms with Crippen molar-refractivity contribution < 1.29 is 0 Å². The van der Waals surface area contributed by atoms with Crippen molar-refractivity contribution in [3.8, 4) is 0 Å². The second-order valence-corrected chi connectivity index (χ2v) is 9.94. The molecule has 2 atom stereocenters. The fourth-order valence-corrected chi connectivity index (χ4v) is 3.67. The summed E-state index contributed by atoms with van der Waals surface area (Å²) in [7, 11) is 0. The summed E-state index contributed by atoms with van der Waals surface area (Å²) in [6.45, 7) is 19.1. The molecule has 0 aliphatic heterocycles. The number of thiol groups is 1. The predicted octanol–water partition coefficient (Wildman–Crippen LogP) is 6.21. The molecule has 1 aliphatic rings. The van der Waals surface area contributed by atoms with E-state index in [4.69, 9.17) is 12.6 Å². The zero-order valence-corrected chi connectivity index (χ0v) is 15.4. The van der Waals surface area contributed by atoms with Crippen LogP contribution in [-0.2, 0) is 0 Å². The molecule has 0 spiro atoms. The van der Waals surface area contributed by atoms with Crippen molar-refractivity contribution in [3.63, 3.8) is 0 Å². The first-order valence-electron chi connectivity index (χ1n) is 8.13. The lowest BCUT2D eigenvalue weighted by Crippen LogP contribution is -2.44. The van der Waals surface area contributed by atoms with E-state index >= 15 is 0 Å². The Balaban J connectivity index is 2.87. The van der Waals surface area contributed by atoms with Gasteiger partial charge < -0.3 is 0 Å². The van der Waals surface area contributed by atoms with E-state index in [0.717, 1.165) is 17.8 Å². The summed E-state index contributed by atoms with van der Waals surface area (Å²) in [6.07, 6.45) is 5.60. The molecule has 1 heteroatoms. The molecule has 0 bridgehead atoms. The Kier molecular flexibility index (Phi) is 5.15. The van der Waals surface area contributed by atoms with Crippen LogP contribution in [-0.4, -0.2) is 4.75 Å². The smallest absolute Gasteiger partial charge is 0.0127 e. The van der Waals surface area contributed by atoms with Crippen molar-refractivity contribution in [2.75, 3.05) is 0 Å². The van der Waals surface area contributed by atoms with Crippen molar-refractivity contribution in [2.24, 2.45) is 28.6 Å². The topological polar surface area (TPSA) is 0 Å². The van der Waals surface area contributed by atoms with E-state index in [0.29, 0.717) is 10.8 Å². The minimum Gasteiger partial charge on any atom is -0.173 e. The quantitative estimate of drug-likeness (QED) is 0.583. The molecule has 1 aliphatic carbocycles. The van der Waals surface area contributed by atoms with Crippen molar-refractivity contribution in [1.29, 1.82) is 0 Å². The molecule has 0 aromatic carbocycles. The van der Waals surface area contributed by atoms with Crippen molar-refractivity contribution in [2.45, 2.75) is 85.8 Å². The summed E-state index contributed by atoms with van der Waals surface area (Å²) in [4.78, 5) is 0. The van der Waals surface area contributed by atoms with Crippen LogP contribution in [0.2, 0.25) is 0 Å². The molecule has 2 unspecified atom stereocenters. The van der Waals surface area contributed by atoms with Gasteiger partial charge in [-0.15, -0.1) is 0 Å². The van der Waals surface area contributed by atoms with E-state index in [1.54, 1.807) is 0 Å². The van der Waals surface area contributed by atoms with E-state index in [2.05, 4.69) is 55.4 Å². The van der Waals surface area contributed by atoms with Gasteiger partial charge in [-0.1, -0.05) is 61.8 Å². The van der Waals surface area contributed by atoms with Gasteiger partial charge in [0.25, 0.3) is 0 Å². The van der Waals surface area contributed by atoms with Gasteiger partial charge in [0, 0.05) is 4.75 Å². The van der Waals surface area contributed by atoms with Crippen LogP contribution in [0.15, 0.2) is 0 Å². The molecule has 1 rings (SSSR count). The van der Waals surface area contributed by atoms with Gasteiger partial charge in [-0.25, -0.2) is 0 Å². The summed E-state index contributed by atoms with van der Waals surface area (Å²) in [5, 5.41) is 0. The Labute approximate surface area is 127 Å². The summed E-state index contributed by atoms with van der Waals surface area (Å²) in [5.74, 6) is 2.46. The molecule has 0 N–H and O–H groups in total. The first-order chi connectivity index (χ1) is 8.40. The second kappa shape index (κ2) is 5.62. The van der Waals surface area contributed by atoms with E-state index < -0.39 is 0 Å². The van der Waals surface area contributed by atoms with Gasteiger partial charge in [-0.2, -0.15) is 12.6 Å². The molecule has 0 aromatic heterocycles. The average molecular weight is 285 g/mol. The van der Waals surface area contributed by atoms with Crippen LogP contribution in [0.3, 0.4) is 0 Å². The zero-order valence-electron chi connectivity index (χ0n) is 14.5. The van der Waals surface area contributed by atoms with E-state index in [1.807, 2.05) is 0 Å². The standard InChI is InChI=1S/C18H36S/c1-13(2)16(3,4)14-10-9-11-15(12-14)17(5,6)18(7,8)19/h13-15,19H,9-12H2,1-8H3. The van der Waals surface area contributed by atoms with Gasteiger partial charge in [-0.3, -0.25) is 0 Å². The third kappa shape index (κ3) is 3.52. The fourth-order valence-electron chi connectivity index (χ4n) is 3.49. The molecule has 0 aromatic rings. The molecule has 1 fully saturated rings. The van der Waals surface area contributed by atoms with Gasteiger partial charge in [-0.05, 0) is 47.8 Å². The monoisotopic (exact) mass is 284 g/mol. The molecule has 0 nitrogen and oxygen atoms in total. The maximum atomic E-state index is 4.89. The van der Waals surface area contributed by atoms with Gasteiger partial charge in [0.15, 0.2) is 0 Å². The largest absolute Gasteiger partial charge is 0.173 e. The van der Waals surface area contributed by atoms with Gasteiger partial charge in [0.1, 0.15) is 0 Å². The number of hydrogen-bond acceptors (Lipinski definition) is 1. The predicted molar refractivity (Wildman–Crippen MR) is 90.9 cm³/mol. The molecule has 1 saturated carbocycles. The zero-order chi connectivity index (χ0) is 15.1. The van der Waals surface area contributed by atoms with Crippen LogP contribution in [0.5, 0.6) is 0 Å². The summed E-state index contributed by atoms with van der Waals surface area (Å²) in [6, 6.07) is 0. The summed E-state index contributed by atoms with van der Waals surface area (Å²) < 4.78 is 0.0987. The number of rotatable bonds is 4. The van der Waals surface area contributed by atoms with Crippen molar-refractivity contribution >= 4 is 12.6 Å². The molecule has 19 heavy (non-hydrogen) atoms. The van der Waals surface area contributed by atoms with Crippen LogP contribution >= 0.6 is 12.6 Å². The highest BCUT2D eigenvalue weighted by Gasteiger charge is 2.45. The van der Waals surface area contributed by atoms with Crippen LogP contribution in [0.25, 0.3) is 0 Å². The molecule has 0 amide bonds. The van der Waals surface area contributed by atoms with Crippen molar-refractivity contribution in [3.05, 3.63) is 0 Å². The molecular formula is C18H36S. The Morgan fingerprint density at radius 3 is 1.79 bits per heavy atom.